The maximum Gasteiger partial charge on any atom is 0.229 e. The smallest absolute Gasteiger partial charge is 0.229 e. The molecule has 0 amide bonds. The molecule has 5 unspecified atom stereocenters. The minimum atomic E-state index is -1.60. The van der Waals surface area contributed by atoms with Crippen molar-refractivity contribution in [2.75, 3.05) is 6.61 Å². The lowest BCUT2D eigenvalue weighted by atomic mass is 9.99. The third kappa shape index (κ3) is 3.28. The number of hydrogen-bond donors (Lipinski definition) is 6. The van der Waals surface area contributed by atoms with Crippen molar-refractivity contribution in [3.05, 3.63) is 22.7 Å². The van der Waals surface area contributed by atoms with E-state index in [4.69, 9.17) is 26.2 Å². The highest BCUT2D eigenvalue weighted by Crippen LogP contribution is 2.35. The minimum absolute atomic E-state index is 0.0407. The fourth-order valence-corrected chi connectivity index (χ4v) is 2.44. The zero-order valence-electron chi connectivity index (χ0n) is 11.3. The van der Waals surface area contributed by atoms with Gasteiger partial charge in [-0.05, 0) is 6.07 Å². The van der Waals surface area contributed by atoms with Gasteiger partial charge in [-0.15, -0.1) is 0 Å². The Morgan fingerprint density at radius 1 is 1.09 bits per heavy atom. The number of halogens is 1. The number of phenolic OH excluding ortho intramolecular Hbond substituents is 1. The third-order valence-electron chi connectivity index (χ3n) is 3.36. The van der Waals surface area contributed by atoms with E-state index in [1.807, 2.05) is 0 Å². The number of aliphatic hydroxyl groups is 5. The van der Waals surface area contributed by atoms with Gasteiger partial charge in [-0.1, -0.05) is 11.6 Å². The molecule has 124 valence electrons. The first-order valence-electron chi connectivity index (χ1n) is 6.48. The summed E-state index contributed by atoms with van der Waals surface area (Å²) in [6, 6.07) is 2.38. The fraction of sp³-hybridized carbons (Fsp3) is 0.538. The molecule has 0 saturated carbocycles. The Morgan fingerprint density at radius 2 is 1.77 bits per heavy atom. The van der Waals surface area contributed by atoms with Crippen molar-refractivity contribution in [3.63, 3.8) is 0 Å². The second-order valence-corrected chi connectivity index (χ2v) is 5.30. The average Bonchev–Trinajstić information content (AvgIpc) is 2.49. The van der Waals surface area contributed by atoms with Crippen LogP contribution in [0, 0.1) is 0 Å². The Kier molecular flexibility index (Phi) is 5.45. The number of aromatic hydroxyl groups is 1. The first kappa shape index (κ1) is 17.2. The van der Waals surface area contributed by atoms with E-state index in [0.29, 0.717) is 0 Å². The summed E-state index contributed by atoms with van der Waals surface area (Å²) in [6.07, 6.45) is -7.26. The molecule has 0 spiro atoms. The molecule has 5 atom stereocenters. The molecular formula is C13H17ClO8. The van der Waals surface area contributed by atoms with Gasteiger partial charge in [0.2, 0.25) is 6.29 Å². The lowest BCUT2D eigenvalue weighted by molar-refractivity contribution is -0.277. The number of rotatable bonds is 4. The van der Waals surface area contributed by atoms with Crippen LogP contribution in [0.25, 0.3) is 0 Å². The van der Waals surface area contributed by atoms with Crippen LogP contribution >= 0.6 is 11.6 Å². The Morgan fingerprint density at radius 3 is 2.36 bits per heavy atom. The Labute approximate surface area is 130 Å². The molecule has 1 aliphatic heterocycles. The van der Waals surface area contributed by atoms with E-state index in [2.05, 4.69) is 0 Å². The molecule has 0 radical (unpaired) electrons. The highest BCUT2D eigenvalue weighted by molar-refractivity contribution is 6.32. The molecule has 1 aromatic carbocycles. The molecule has 8 nitrogen and oxygen atoms in total. The van der Waals surface area contributed by atoms with Gasteiger partial charge in [-0.2, -0.15) is 0 Å². The molecule has 0 aliphatic carbocycles. The van der Waals surface area contributed by atoms with Crippen molar-refractivity contribution in [2.45, 2.75) is 37.3 Å². The largest absolute Gasteiger partial charge is 0.508 e. The van der Waals surface area contributed by atoms with Crippen LogP contribution in [0.15, 0.2) is 12.1 Å². The molecular weight excluding hydrogens is 320 g/mol. The normalized spacial score (nSPS) is 32.0. The summed E-state index contributed by atoms with van der Waals surface area (Å²) in [7, 11) is 0. The van der Waals surface area contributed by atoms with E-state index in [-0.39, 0.29) is 22.1 Å². The van der Waals surface area contributed by atoms with Gasteiger partial charge in [0.15, 0.2) is 0 Å². The molecule has 1 heterocycles. The van der Waals surface area contributed by atoms with Gasteiger partial charge in [0.05, 0.1) is 18.2 Å². The van der Waals surface area contributed by atoms with Gasteiger partial charge in [-0.3, -0.25) is 0 Å². The molecule has 1 aromatic rings. The van der Waals surface area contributed by atoms with E-state index in [0.717, 1.165) is 0 Å². The lowest BCUT2D eigenvalue weighted by Crippen LogP contribution is -2.60. The molecule has 1 fully saturated rings. The summed E-state index contributed by atoms with van der Waals surface area (Å²) in [6.45, 7) is -1.10. The van der Waals surface area contributed by atoms with Crippen molar-refractivity contribution in [3.8, 4) is 11.5 Å². The Bertz CT molecular complexity index is 523. The molecule has 0 aromatic heterocycles. The van der Waals surface area contributed by atoms with Crippen LogP contribution in [0.3, 0.4) is 0 Å². The molecule has 22 heavy (non-hydrogen) atoms. The van der Waals surface area contributed by atoms with Crippen LogP contribution < -0.4 is 4.74 Å². The number of ether oxygens (including phenoxy) is 2. The van der Waals surface area contributed by atoms with Gasteiger partial charge < -0.3 is 40.1 Å². The van der Waals surface area contributed by atoms with Crippen LogP contribution in [0.4, 0.5) is 0 Å². The van der Waals surface area contributed by atoms with Crippen LogP contribution in [0.1, 0.15) is 5.56 Å². The monoisotopic (exact) mass is 336 g/mol. The molecule has 6 N–H and O–H groups in total. The van der Waals surface area contributed by atoms with E-state index < -0.39 is 43.9 Å². The van der Waals surface area contributed by atoms with Gasteiger partial charge >= 0.3 is 0 Å². The topological polar surface area (TPSA) is 140 Å². The molecule has 2 rings (SSSR count). The number of phenols is 1. The Hall–Kier alpha value is -1.13. The average molecular weight is 337 g/mol. The number of aliphatic hydroxyl groups excluding tert-OH is 5. The van der Waals surface area contributed by atoms with Crippen molar-refractivity contribution in [2.24, 2.45) is 0 Å². The summed E-state index contributed by atoms with van der Waals surface area (Å²) in [5.74, 6) is -0.235. The van der Waals surface area contributed by atoms with Crippen molar-refractivity contribution >= 4 is 11.6 Å². The lowest BCUT2D eigenvalue weighted by Gasteiger charge is -2.39. The van der Waals surface area contributed by atoms with Gasteiger partial charge in [-0.25, -0.2) is 0 Å². The first-order valence-corrected chi connectivity index (χ1v) is 6.86. The first-order chi connectivity index (χ1) is 10.4. The summed E-state index contributed by atoms with van der Waals surface area (Å²) in [5.41, 5.74) is 0.141. The molecule has 1 aliphatic rings. The third-order valence-corrected chi connectivity index (χ3v) is 3.64. The minimum Gasteiger partial charge on any atom is -0.508 e. The van der Waals surface area contributed by atoms with E-state index in [1.54, 1.807) is 0 Å². The second-order valence-electron chi connectivity index (χ2n) is 4.89. The van der Waals surface area contributed by atoms with Gasteiger partial charge in [0.25, 0.3) is 0 Å². The van der Waals surface area contributed by atoms with E-state index in [9.17, 15) is 25.5 Å². The highest BCUT2D eigenvalue weighted by atomic mass is 35.5. The van der Waals surface area contributed by atoms with Gasteiger partial charge in [0, 0.05) is 11.6 Å². The van der Waals surface area contributed by atoms with E-state index in [1.165, 1.54) is 12.1 Å². The summed E-state index contributed by atoms with van der Waals surface area (Å²) in [4.78, 5) is 0. The van der Waals surface area contributed by atoms with Crippen LogP contribution in [-0.4, -0.2) is 68.0 Å². The van der Waals surface area contributed by atoms with Crippen LogP contribution in [0.5, 0.6) is 11.5 Å². The van der Waals surface area contributed by atoms with Crippen molar-refractivity contribution in [1.29, 1.82) is 0 Å². The highest BCUT2D eigenvalue weighted by Gasteiger charge is 2.45. The van der Waals surface area contributed by atoms with Crippen LogP contribution in [-0.2, 0) is 11.3 Å². The summed E-state index contributed by atoms with van der Waals surface area (Å²) < 4.78 is 10.6. The quantitative estimate of drug-likeness (QED) is 0.399. The van der Waals surface area contributed by atoms with Crippen molar-refractivity contribution < 1.29 is 40.1 Å². The Balaban J connectivity index is 2.26. The van der Waals surface area contributed by atoms with Crippen molar-refractivity contribution in [1.82, 2.24) is 0 Å². The second kappa shape index (κ2) is 6.97. The maximum absolute atomic E-state index is 9.89. The molecule has 0 bridgehead atoms. The summed E-state index contributed by atoms with van der Waals surface area (Å²) >= 11 is 5.92. The van der Waals surface area contributed by atoms with E-state index >= 15 is 0 Å². The van der Waals surface area contributed by atoms with Gasteiger partial charge in [0.1, 0.15) is 35.9 Å². The zero-order chi connectivity index (χ0) is 16.4. The predicted octanol–water partition coefficient (Wildman–Crippen LogP) is -1.28. The standard InChI is InChI=1S/C13H17ClO8/c14-7-2-6(17)1-5(3-15)12(7)22-13-11(20)10(19)9(18)8(4-16)21-13/h1-2,8-11,13,15-20H,3-4H2. The predicted molar refractivity (Wildman–Crippen MR) is 73.4 cm³/mol. The fourth-order valence-electron chi connectivity index (χ4n) is 2.16. The molecule has 1 saturated heterocycles. The number of hydrogen-bond acceptors (Lipinski definition) is 8. The SMILES string of the molecule is OCc1cc(O)cc(Cl)c1OC1OC(CO)C(O)C(O)C1O. The zero-order valence-corrected chi connectivity index (χ0v) is 12.1. The summed E-state index contributed by atoms with van der Waals surface area (Å²) in [5, 5.41) is 57.0. The van der Waals surface area contributed by atoms with Crippen LogP contribution in [0.2, 0.25) is 5.02 Å². The number of benzene rings is 1. The maximum atomic E-state index is 9.89. The molecule has 9 heteroatoms.